The molecule has 0 radical (unpaired) electrons. The fraction of sp³-hybridized carbons (Fsp3) is 0.643. The first-order valence-corrected chi connectivity index (χ1v) is 6.64. The van der Waals surface area contributed by atoms with Crippen LogP contribution < -0.4 is 5.32 Å². The van der Waals surface area contributed by atoms with Gasteiger partial charge in [0.2, 0.25) is 0 Å². The van der Waals surface area contributed by atoms with Crippen LogP contribution in [0.2, 0.25) is 0 Å². The Bertz CT molecular complexity index is 427. The van der Waals surface area contributed by atoms with E-state index in [0.717, 1.165) is 12.6 Å². The standard InChI is InChI=1S/C14H19F3N2/c1-9(7-19-11-3-4-11)10(2)12-8-18-6-5-13(12)14(15,16)17/h5-6,8-11,19H,3-4,7H2,1-2H3. The maximum Gasteiger partial charge on any atom is 0.416 e. The molecule has 1 aliphatic rings. The molecule has 1 aromatic rings. The number of aromatic nitrogens is 1. The molecule has 1 aromatic heterocycles. The third kappa shape index (κ3) is 3.69. The summed E-state index contributed by atoms with van der Waals surface area (Å²) in [5, 5.41) is 3.36. The maximum absolute atomic E-state index is 13.0. The Kier molecular flexibility index (Phi) is 4.13. The van der Waals surface area contributed by atoms with E-state index in [1.807, 2.05) is 13.8 Å². The highest BCUT2D eigenvalue weighted by Gasteiger charge is 2.35. The molecule has 5 heteroatoms. The van der Waals surface area contributed by atoms with E-state index < -0.39 is 11.7 Å². The number of hydrogen-bond donors (Lipinski definition) is 1. The summed E-state index contributed by atoms with van der Waals surface area (Å²) < 4.78 is 38.9. The monoisotopic (exact) mass is 272 g/mol. The molecule has 0 aromatic carbocycles. The van der Waals surface area contributed by atoms with Crippen LogP contribution in [0.1, 0.15) is 43.7 Å². The molecule has 2 atom stereocenters. The van der Waals surface area contributed by atoms with Crippen LogP contribution in [0, 0.1) is 5.92 Å². The van der Waals surface area contributed by atoms with E-state index in [1.165, 1.54) is 25.2 Å². The molecule has 0 saturated heterocycles. The molecule has 2 nitrogen and oxygen atoms in total. The lowest BCUT2D eigenvalue weighted by Crippen LogP contribution is -2.27. The molecule has 1 saturated carbocycles. The van der Waals surface area contributed by atoms with E-state index >= 15 is 0 Å². The number of hydrogen-bond acceptors (Lipinski definition) is 2. The Morgan fingerprint density at radius 1 is 1.37 bits per heavy atom. The fourth-order valence-electron chi connectivity index (χ4n) is 2.15. The molecule has 19 heavy (non-hydrogen) atoms. The summed E-state index contributed by atoms with van der Waals surface area (Å²) in [6.45, 7) is 4.57. The van der Waals surface area contributed by atoms with Crippen LogP contribution in [0.15, 0.2) is 18.5 Å². The van der Waals surface area contributed by atoms with Crippen LogP contribution in [-0.4, -0.2) is 17.6 Å². The fourth-order valence-corrected chi connectivity index (χ4v) is 2.15. The van der Waals surface area contributed by atoms with E-state index in [9.17, 15) is 13.2 Å². The molecule has 1 N–H and O–H groups in total. The van der Waals surface area contributed by atoms with E-state index in [1.54, 1.807) is 0 Å². The van der Waals surface area contributed by atoms with E-state index in [2.05, 4.69) is 10.3 Å². The molecule has 0 amide bonds. The van der Waals surface area contributed by atoms with Crippen LogP contribution in [0.25, 0.3) is 0 Å². The zero-order valence-electron chi connectivity index (χ0n) is 11.2. The Morgan fingerprint density at radius 3 is 2.63 bits per heavy atom. The topological polar surface area (TPSA) is 24.9 Å². The zero-order chi connectivity index (χ0) is 14.0. The molecule has 0 bridgehead atoms. The van der Waals surface area contributed by atoms with E-state index in [0.29, 0.717) is 11.6 Å². The van der Waals surface area contributed by atoms with Crippen LogP contribution in [0.5, 0.6) is 0 Å². The summed E-state index contributed by atoms with van der Waals surface area (Å²) in [5.41, 5.74) is -0.270. The van der Waals surface area contributed by atoms with Crippen molar-refractivity contribution < 1.29 is 13.2 Å². The molecular weight excluding hydrogens is 253 g/mol. The first-order chi connectivity index (χ1) is 8.89. The maximum atomic E-state index is 13.0. The SMILES string of the molecule is CC(CNC1CC1)C(C)c1cnccc1C(F)(F)F. The Labute approximate surface area is 111 Å². The van der Waals surface area contributed by atoms with Crippen molar-refractivity contribution in [3.05, 3.63) is 29.6 Å². The van der Waals surface area contributed by atoms with Gasteiger partial charge in [-0.05, 0) is 42.9 Å². The lowest BCUT2D eigenvalue weighted by atomic mass is 9.87. The molecule has 2 rings (SSSR count). The summed E-state index contributed by atoms with van der Waals surface area (Å²) in [7, 11) is 0. The van der Waals surface area contributed by atoms with Crippen molar-refractivity contribution >= 4 is 0 Å². The zero-order valence-corrected chi connectivity index (χ0v) is 11.2. The van der Waals surface area contributed by atoms with E-state index in [4.69, 9.17) is 0 Å². The van der Waals surface area contributed by atoms with Gasteiger partial charge >= 0.3 is 6.18 Å². The highest BCUT2D eigenvalue weighted by Crippen LogP contribution is 2.36. The second kappa shape index (κ2) is 5.49. The van der Waals surface area contributed by atoms with Gasteiger partial charge < -0.3 is 5.32 Å². The number of nitrogens with zero attached hydrogens (tertiary/aromatic N) is 1. The molecule has 1 fully saturated rings. The van der Waals surface area contributed by atoms with Crippen LogP contribution >= 0.6 is 0 Å². The second-order valence-corrected chi connectivity index (χ2v) is 5.41. The number of rotatable bonds is 5. The van der Waals surface area contributed by atoms with Crippen molar-refractivity contribution in [2.24, 2.45) is 5.92 Å². The van der Waals surface area contributed by atoms with Gasteiger partial charge in [0.05, 0.1) is 5.56 Å². The van der Waals surface area contributed by atoms with Crippen LogP contribution in [0.4, 0.5) is 13.2 Å². The molecule has 106 valence electrons. The minimum atomic E-state index is -4.31. The van der Waals surface area contributed by atoms with Crippen LogP contribution in [-0.2, 0) is 6.18 Å². The highest BCUT2D eigenvalue weighted by atomic mass is 19.4. The Balaban J connectivity index is 2.10. The number of pyridine rings is 1. The molecular formula is C14H19F3N2. The van der Waals surface area contributed by atoms with Gasteiger partial charge in [0, 0.05) is 18.4 Å². The normalized spacial score (nSPS) is 19.2. The minimum absolute atomic E-state index is 0.144. The van der Waals surface area contributed by atoms with Crippen molar-refractivity contribution in [2.75, 3.05) is 6.54 Å². The summed E-state index contributed by atoms with van der Waals surface area (Å²) >= 11 is 0. The van der Waals surface area contributed by atoms with Gasteiger partial charge in [-0.15, -0.1) is 0 Å². The van der Waals surface area contributed by atoms with Gasteiger partial charge in [-0.3, -0.25) is 4.98 Å². The molecule has 2 unspecified atom stereocenters. The smallest absolute Gasteiger partial charge is 0.314 e. The molecule has 1 aliphatic carbocycles. The van der Waals surface area contributed by atoms with Crippen LogP contribution in [0.3, 0.4) is 0 Å². The van der Waals surface area contributed by atoms with Crippen molar-refractivity contribution in [2.45, 2.75) is 44.8 Å². The van der Waals surface area contributed by atoms with Gasteiger partial charge in [0.25, 0.3) is 0 Å². The second-order valence-electron chi connectivity index (χ2n) is 5.41. The first-order valence-electron chi connectivity index (χ1n) is 6.64. The minimum Gasteiger partial charge on any atom is -0.314 e. The average molecular weight is 272 g/mol. The largest absolute Gasteiger partial charge is 0.416 e. The summed E-state index contributed by atoms with van der Waals surface area (Å²) in [6, 6.07) is 1.64. The Morgan fingerprint density at radius 2 is 2.05 bits per heavy atom. The van der Waals surface area contributed by atoms with Gasteiger partial charge in [-0.2, -0.15) is 13.2 Å². The Hall–Kier alpha value is -1.10. The van der Waals surface area contributed by atoms with Crippen molar-refractivity contribution in [3.8, 4) is 0 Å². The number of alkyl halides is 3. The van der Waals surface area contributed by atoms with Gasteiger partial charge in [-0.25, -0.2) is 0 Å². The molecule has 0 spiro atoms. The first kappa shape index (κ1) is 14.3. The quantitative estimate of drug-likeness (QED) is 0.886. The lowest BCUT2D eigenvalue weighted by Gasteiger charge is -2.23. The van der Waals surface area contributed by atoms with Crippen molar-refractivity contribution in [1.29, 1.82) is 0 Å². The predicted octanol–water partition coefficient (Wildman–Crippen LogP) is 3.59. The third-order valence-electron chi connectivity index (χ3n) is 3.81. The highest BCUT2D eigenvalue weighted by molar-refractivity contribution is 5.29. The molecule has 0 aliphatic heterocycles. The van der Waals surface area contributed by atoms with Gasteiger partial charge in [0.15, 0.2) is 0 Å². The number of nitrogens with one attached hydrogen (secondary N) is 1. The summed E-state index contributed by atoms with van der Waals surface area (Å²) in [6.07, 6.45) is 0.604. The van der Waals surface area contributed by atoms with Gasteiger partial charge in [0.1, 0.15) is 0 Å². The van der Waals surface area contributed by atoms with Crippen molar-refractivity contribution in [3.63, 3.8) is 0 Å². The van der Waals surface area contributed by atoms with Gasteiger partial charge in [-0.1, -0.05) is 13.8 Å². The third-order valence-corrected chi connectivity index (χ3v) is 3.81. The van der Waals surface area contributed by atoms with E-state index in [-0.39, 0.29) is 11.8 Å². The lowest BCUT2D eigenvalue weighted by molar-refractivity contribution is -0.138. The average Bonchev–Trinajstić information content (AvgIpc) is 3.18. The summed E-state index contributed by atoms with van der Waals surface area (Å²) in [5.74, 6) is -0.0255. The predicted molar refractivity (Wildman–Crippen MR) is 67.8 cm³/mol. The number of halogens is 3. The van der Waals surface area contributed by atoms with Crippen molar-refractivity contribution in [1.82, 2.24) is 10.3 Å². The summed E-state index contributed by atoms with van der Waals surface area (Å²) in [4.78, 5) is 3.85. The molecule has 1 heterocycles.